The molecule has 5 heteroatoms. The summed E-state index contributed by atoms with van der Waals surface area (Å²) in [6, 6.07) is 0. The van der Waals surface area contributed by atoms with Crippen LogP contribution in [0.5, 0.6) is 5.88 Å². The first-order valence-electron chi connectivity index (χ1n) is 4.69. The molecule has 0 bridgehead atoms. The van der Waals surface area contributed by atoms with Gasteiger partial charge < -0.3 is 5.11 Å². The first-order chi connectivity index (χ1) is 6.65. The van der Waals surface area contributed by atoms with Crippen molar-refractivity contribution in [3.05, 3.63) is 26.4 Å². The van der Waals surface area contributed by atoms with Crippen molar-refractivity contribution in [1.29, 1.82) is 0 Å². The van der Waals surface area contributed by atoms with E-state index in [9.17, 15) is 14.7 Å². The average Bonchev–Trinajstić information content (AvgIpc) is 2.09. The Balaban J connectivity index is 2.86. The van der Waals surface area contributed by atoms with Gasteiger partial charge in [0.05, 0.1) is 5.56 Å². The summed E-state index contributed by atoms with van der Waals surface area (Å²) < 4.78 is 0. The molecule has 0 amide bonds. The van der Waals surface area contributed by atoms with Crippen LogP contribution in [0.3, 0.4) is 0 Å². The van der Waals surface area contributed by atoms with Crippen LogP contribution >= 0.6 is 0 Å². The number of hydrogen-bond acceptors (Lipinski definition) is 3. The van der Waals surface area contributed by atoms with Crippen LogP contribution in [0.1, 0.15) is 31.7 Å². The van der Waals surface area contributed by atoms with Gasteiger partial charge in [-0.1, -0.05) is 19.8 Å². The molecule has 3 N–H and O–H groups in total. The number of aromatic nitrogens is 2. The molecule has 0 atom stereocenters. The smallest absolute Gasteiger partial charge is 0.328 e. The second-order valence-corrected chi connectivity index (χ2v) is 3.19. The lowest BCUT2D eigenvalue weighted by molar-refractivity contribution is 0.438. The summed E-state index contributed by atoms with van der Waals surface area (Å²) in [5, 5.41) is 9.30. The third kappa shape index (κ3) is 2.48. The number of hydrogen-bond donors (Lipinski definition) is 3. The summed E-state index contributed by atoms with van der Waals surface area (Å²) in [6.07, 6.45) is 3.37. The Labute approximate surface area is 80.8 Å². The maximum Gasteiger partial charge on any atom is 0.328 e. The van der Waals surface area contributed by atoms with Crippen LogP contribution < -0.4 is 11.2 Å². The zero-order valence-corrected chi connectivity index (χ0v) is 8.09. The van der Waals surface area contributed by atoms with Crippen molar-refractivity contribution in [3.8, 4) is 5.88 Å². The standard InChI is InChI=1S/C9H14N2O3/c1-2-3-4-5-6-7(12)10-9(14)11-8(6)13/h2-5H2,1H3,(H3,10,11,12,13,14). The molecule has 78 valence electrons. The molecule has 14 heavy (non-hydrogen) atoms. The third-order valence-electron chi connectivity index (χ3n) is 2.05. The minimum absolute atomic E-state index is 0.262. The molecule has 5 nitrogen and oxygen atoms in total. The van der Waals surface area contributed by atoms with Crippen LogP contribution in [-0.2, 0) is 6.42 Å². The lowest BCUT2D eigenvalue weighted by Gasteiger charge is -2.01. The highest BCUT2D eigenvalue weighted by Crippen LogP contribution is 2.09. The Hall–Kier alpha value is -1.52. The molecular formula is C9H14N2O3. The van der Waals surface area contributed by atoms with Gasteiger partial charge in [-0.15, -0.1) is 0 Å². The van der Waals surface area contributed by atoms with E-state index in [4.69, 9.17) is 0 Å². The van der Waals surface area contributed by atoms with Crippen molar-refractivity contribution in [1.82, 2.24) is 9.97 Å². The van der Waals surface area contributed by atoms with Gasteiger partial charge in [0.2, 0.25) is 5.88 Å². The van der Waals surface area contributed by atoms with Crippen molar-refractivity contribution < 1.29 is 5.11 Å². The van der Waals surface area contributed by atoms with E-state index in [1.165, 1.54) is 0 Å². The lowest BCUT2D eigenvalue weighted by atomic mass is 10.1. The van der Waals surface area contributed by atoms with Crippen LogP contribution in [0.25, 0.3) is 0 Å². The van der Waals surface area contributed by atoms with Gasteiger partial charge in [0, 0.05) is 0 Å². The minimum atomic E-state index is -0.674. The van der Waals surface area contributed by atoms with E-state index in [0.717, 1.165) is 19.3 Å². The largest absolute Gasteiger partial charge is 0.494 e. The van der Waals surface area contributed by atoms with Gasteiger partial charge in [0.25, 0.3) is 5.56 Å². The van der Waals surface area contributed by atoms with Crippen LogP contribution in [0, 0.1) is 0 Å². The molecule has 0 aliphatic rings. The highest BCUT2D eigenvalue weighted by molar-refractivity contribution is 5.20. The fraction of sp³-hybridized carbons (Fsp3) is 0.556. The Morgan fingerprint density at radius 2 is 1.93 bits per heavy atom. The Morgan fingerprint density at radius 3 is 2.50 bits per heavy atom. The number of unbranched alkanes of at least 4 members (excludes halogenated alkanes) is 2. The summed E-state index contributed by atoms with van der Waals surface area (Å²) in [7, 11) is 0. The monoisotopic (exact) mass is 198 g/mol. The maximum absolute atomic E-state index is 11.2. The number of aromatic hydroxyl groups is 1. The summed E-state index contributed by atoms with van der Waals surface area (Å²) in [5.41, 5.74) is -0.910. The molecule has 1 aromatic rings. The number of nitrogens with one attached hydrogen (secondary N) is 2. The van der Waals surface area contributed by atoms with E-state index in [2.05, 4.69) is 16.9 Å². The number of H-pyrrole nitrogens is 2. The van der Waals surface area contributed by atoms with Gasteiger partial charge in [0.15, 0.2) is 0 Å². The van der Waals surface area contributed by atoms with Crippen LogP contribution in [0.2, 0.25) is 0 Å². The van der Waals surface area contributed by atoms with Crippen molar-refractivity contribution in [2.24, 2.45) is 0 Å². The molecule has 0 radical (unpaired) electrons. The highest BCUT2D eigenvalue weighted by atomic mass is 16.3. The van der Waals surface area contributed by atoms with E-state index in [-0.39, 0.29) is 11.4 Å². The molecule has 1 aromatic heterocycles. The molecule has 0 fully saturated rings. The zero-order chi connectivity index (χ0) is 10.6. The van der Waals surface area contributed by atoms with E-state index < -0.39 is 11.2 Å². The van der Waals surface area contributed by atoms with E-state index >= 15 is 0 Å². The fourth-order valence-corrected chi connectivity index (χ4v) is 1.28. The second-order valence-electron chi connectivity index (χ2n) is 3.19. The minimum Gasteiger partial charge on any atom is -0.494 e. The third-order valence-corrected chi connectivity index (χ3v) is 2.05. The summed E-state index contributed by atoms with van der Waals surface area (Å²) in [6.45, 7) is 2.05. The quantitative estimate of drug-likeness (QED) is 0.616. The van der Waals surface area contributed by atoms with Gasteiger partial charge in [-0.25, -0.2) is 4.79 Å². The SMILES string of the molecule is CCCCCc1c(O)[nH]c(=O)[nH]c1=O. The first kappa shape index (κ1) is 10.6. The predicted molar refractivity (Wildman–Crippen MR) is 52.6 cm³/mol. The van der Waals surface area contributed by atoms with Crippen molar-refractivity contribution in [3.63, 3.8) is 0 Å². The number of rotatable bonds is 4. The first-order valence-corrected chi connectivity index (χ1v) is 4.69. The Bertz CT molecular complexity index is 405. The van der Waals surface area contributed by atoms with Gasteiger partial charge in [-0.3, -0.25) is 14.8 Å². The molecule has 0 aromatic carbocycles. The lowest BCUT2D eigenvalue weighted by Crippen LogP contribution is -2.25. The molecule has 1 heterocycles. The summed E-state index contributed by atoms with van der Waals surface area (Å²) in [4.78, 5) is 26.2. The Kier molecular flexibility index (Phi) is 3.50. The molecule has 0 saturated heterocycles. The zero-order valence-electron chi connectivity index (χ0n) is 8.09. The van der Waals surface area contributed by atoms with Crippen molar-refractivity contribution >= 4 is 0 Å². The highest BCUT2D eigenvalue weighted by Gasteiger charge is 2.06. The van der Waals surface area contributed by atoms with E-state index in [1.54, 1.807) is 0 Å². The maximum atomic E-state index is 11.2. The number of aromatic amines is 2. The topological polar surface area (TPSA) is 85.9 Å². The molecule has 0 saturated carbocycles. The molecule has 0 aliphatic carbocycles. The van der Waals surface area contributed by atoms with Gasteiger partial charge >= 0.3 is 5.69 Å². The van der Waals surface area contributed by atoms with Gasteiger partial charge in [-0.2, -0.15) is 0 Å². The average molecular weight is 198 g/mol. The molecule has 0 unspecified atom stereocenters. The Morgan fingerprint density at radius 1 is 1.21 bits per heavy atom. The summed E-state index contributed by atoms with van der Waals surface area (Å²) in [5.74, 6) is -0.310. The van der Waals surface area contributed by atoms with Crippen LogP contribution in [0.4, 0.5) is 0 Å². The van der Waals surface area contributed by atoms with Crippen LogP contribution in [-0.4, -0.2) is 15.1 Å². The molecule has 0 spiro atoms. The fourth-order valence-electron chi connectivity index (χ4n) is 1.28. The molecule has 0 aliphatic heterocycles. The molecular weight excluding hydrogens is 184 g/mol. The predicted octanol–water partition coefficient (Wildman–Crippen LogP) is 0.502. The van der Waals surface area contributed by atoms with Crippen LogP contribution in [0.15, 0.2) is 9.59 Å². The van der Waals surface area contributed by atoms with E-state index in [1.807, 2.05) is 0 Å². The normalized spacial score (nSPS) is 10.4. The molecule has 1 rings (SSSR count). The van der Waals surface area contributed by atoms with E-state index in [0.29, 0.717) is 6.42 Å². The van der Waals surface area contributed by atoms with Crippen molar-refractivity contribution in [2.45, 2.75) is 32.6 Å². The summed E-state index contributed by atoms with van der Waals surface area (Å²) >= 11 is 0. The van der Waals surface area contributed by atoms with Gasteiger partial charge in [-0.05, 0) is 12.8 Å². The van der Waals surface area contributed by atoms with Gasteiger partial charge in [0.1, 0.15) is 0 Å². The van der Waals surface area contributed by atoms with Crippen molar-refractivity contribution in [2.75, 3.05) is 0 Å². The second kappa shape index (κ2) is 4.64.